The number of carbonyl (C=O) groups excluding carboxylic acids is 2. The number of benzene rings is 2. The van der Waals surface area contributed by atoms with Gasteiger partial charge in [0.2, 0.25) is 11.8 Å². The number of para-hydroxylation sites is 1. The molecule has 1 aromatic heterocycles. The molecule has 0 atom stereocenters. The third-order valence-corrected chi connectivity index (χ3v) is 5.24. The van der Waals surface area contributed by atoms with Gasteiger partial charge in [-0.2, -0.15) is 5.26 Å². The molecule has 6 nitrogen and oxygen atoms in total. The molecular formula is C23H22N4O2S. The van der Waals surface area contributed by atoms with Gasteiger partial charge in [-0.05, 0) is 19.1 Å². The lowest BCUT2D eigenvalue weighted by Gasteiger charge is -2.21. The average molecular weight is 419 g/mol. The highest BCUT2D eigenvalue weighted by atomic mass is 32.1. The molecule has 2 amide bonds. The Hall–Kier alpha value is -3.50. The summed E-state index contributed by atoms with van der Waals surface area (Å²) in [7, 11) is 0. The third-order valence-electron chi connectivity index (χ3n) is 4.48. The Labute approximate surface area is 179 Å². The van der Waals surface area contributed by atoms with Crippen molar-refractivity contribution >= 4 is 34.0 Å². The van der Waals surface area contributed by atoms with E-state index in [1.165, 1.54) is 16.9 Å². The lowest BCUT2D eigenvalue weighted by atomic mass is 10.1. The van der Waals surface area contributed by atoms with E-state index in [4.69, 9.17) is 5.26 Å². The van der Waals surface area contributed by atoms with Gasteiger partial charge in [-0.15, -0.1) is 11.3 Å². The number of nitrogens with one attached hydrogen (secondary N) is 1. The maximum atomic E-state index is 12.6. The van der Waals surface area contributed by atoms with Gasteiger partial charge in [0.15, 0.2) is 5.13 Å². The van der Waals surface area contributed by atoms with Crippen LogP contribution in [-0.2, 0) is 9.59 Å². The van der Waals surface area contributed by atoms with Crippen molar-refractivity contribution in [2.75, 3.05) is 16.8 Å². The average Bonchev–Trinajstić information content (AvgIpc) is 3.22. The number of nitrogens with zero attached hydrogens (tertiary/aromatic N) is 3. The van der Waals surface area contributed by atoms with Crippen LogP contribution in [0.15, 0.2) is 60.0 Å². The molecule has 0 aliphatic rings. The van der Waals surface area contributed by atoms with Crippen molar-refractivity contribution in [3.63, 3.8) is 0 Å². The SMILES string of the molecule is Cc1ccc(-c2csc(NC(=O)CCC(=O)N(CCC#N)c3ccccc3)n2)cc1. The smallest absolute Gasteiger partial charge is 0.227 e. The minimum atomic E-state index is -0.263. The van der Waals surface area contributed by atoms with Crippen LogP contribution in [-0.4, -0.2) is 23.3 Å². The van der Waals surface area contributed by atoms with Crippen LogP contribution < -0.4 is 10.2 Å². The molecular weight excluding hydrogens is 396 g/mol. The largest absolute Gasteiger partial charge is 0.311 e. The normalized spacial score (nSPS) is 10.3. The quantitative estimate of drug-likeness (QED) is 0.570. The highest BCUT2D eigenvalue weighted by Gasteiger charge is 2.17. The number of thiazole rings is 1. The minimum Gasteiger partial charge on any atom is -0.311 e. The van der Waals surface area contributed by atoms with Crippen molar-refractivity contribution in [3.05, 3.63) is 65.5 Å². The van der Waals surface area contributed by atoms with Crippen molar-refractivity contribution in [1.29, 1.82) is 5.26 Å². The van der Waals surface area contributed by atoms with Crippen LogP contribution in [0.1, 0.15) is 24.8 Å². The third kappa shape index (κ3) is 5.75. The second kappa shape index (κ2) is 10.3. The Morgan fingerprint density at radius 3 is 2.53 bits per heavy atom. The first kappa shape index (κ1) is 21.2. The monoisotopic (exact) mass is 418 g/mol. The fraction of sp³-hybridized carbons (Fsp3) is 0.217. The van der Waals surface area contributed by atoms with Gasteiger partial charge in [0, 0.05) is 36.0 Å². The Bertz CT molecular complexity index is 1040. The summed E-state index contributed by atoms with van der Waals surface area (Å²) < 4.78 is 0. The number of aromatic nitrogens is 1. The van der Waals surface area contributed by atoms with Gasteiger partial charge < -0.3 is 10.2 Å². The van der Waals surface area contributed by atoms with E-state index >= 15 is 0 Å². The standard InChI is InChI=1S/C23H22N4O2S/c1-17-8-10-18(11-9-17)20-16-30-23(25-20)26-21(28)12-13-22(29)27(15-5-14-24)19-6-3-2-4-7-19/h2-4,6-11,16H,5,12-13,15H2,1H3,(H,25,26,28). The highest BCUT2D eigenvalue weighted by molar-refractivity contribution is 7.14. The van der Waals surface area contributed by atoms with E-state index in [0.29, 0.717) is 11.7 Å². The summed E-state index contributed by atoms with van der Waals surface area (Å²) in [6.45, 7) is 2.32. The van der Waals surface area contributed by atoms with Gasteiger partial charge in [-0.1, -0.05) is 48.0 Å². The van der Waals surface area contributed by atoms with E-state index in [0.717, 1.165) is 16.9 Å². The minimum absolute atomic E-state index is 0.0498. The number of anilines is 2. The van der Waals surface area contributed by atoms with Crippen LogP contribution in [0.25, 0.3) is 11.3 Å². The number of nitriles is 1. The van der Waals surface area contributed by atoms with Gasteiger partial charge in [0.1, 0.15) is 0 Å². The molecule has 3 rings (SSSR count). The molecule has 2 aromatic carbocycles. The van der Waals surface area contributed by atoms with Crippen LogP contribution in [0.5, 0.6) is 0 Å². The first-order chi connectivity index (χ1) is 14.6. The molecule has 0 aliphatic carbocycles. The Balaban J connectivity index is 1.56. The van der Waals surface area contributed by atoms with E-state index < -0.39 is 0 Å². The Kier molecular flexibility index (Phi) is 7.30. The van der Waals surface area contributed by atoms with E-state index in [-0.39, 0.29) is 31.1 Å². The molecule has 0 saturated heterocycles. The molecule has 0 aliphatic heterocycles. The molecule has 0 radical (unpaired) electrons. The van der Waals surface area contributed by atoms with Crippen LogP contribution in [0, 0.1) is 18.3 Å². The van der Waals surface area contributed by atoms with E-state index in [1.807, 2.05) is 66.9 Å². The van der Waals surface area contributed by atoms with Gasteiger partial charge in [0.25, 0.3) is 0 Å². The van der Waals surface area contributed by atoms with Crippen molar-refractivity contribution in [1.82, 2.24) is 4.98 Å². The summed E-state index contributed by atoms with van der Waals surface area (Å²) in [5.41, 5.74) is 3.69. The molecule has 0 spiro atoms. The van der Waals surface area contributed by atoms with Gasteiger partial charge in [-0.25, -0.2) is 4.98 Å². The topological polar surface area (TPSA) is 86.1 Å². The van der Waals surface area contributed by atoms with Gasteiger partial charge in [-0.3, -0.25) is 9.59 Å². The van der Waals surface area contributed by atoms with E-state index in [2.05, 4.69) is 16.4 Å². The molecule has 7 heteroatoms. The fourth-order valence-electron chi connectivity index (χ4n) is 2.89. The van der Waals surface area contributed by atoms with Crippen LogP contribution in [0.4, 0.5) is 10.8 Å². The molecule has 0 bridgehead atoms. The molecule has 1 N–H and O–H groups in total. The zero-order valence-electron chi connectivity index (χ0n) is 16.7. The van der Waals surface area contributed by atoms with E-state index in [1.54, 1.807) is 4.90 Å². The summed E-state index contributed by atoms with van der Waals surface area (Å²) >= 11 is 1.35. The molecule has 0 fully saturated rings. The van der Waals surface area contributed by atoms with Crippen molar-refractivity contribution in [2.24, 2.45) is 0 Å². The van der Waals surface area contributed by atoms with Crippen molar-refractivity contribution in [3.8, 4) is 17.3 Å². The number of amides is 2. The summed E-state index contributed by atoms with van der Waals surface area (Å²) in [6.07, 6.45) is 0.338. The van der Waals surface area contributed by atoms with E-state index in [9.17, 15) is 9.59 Å². The van der Waals surface area contributed by atoms with Crippen LogP contribution in [0.2, 0.25) is 0 Å². The molecule has 30 heavy (non-hydrogen) atoms. The molecule has 1 heterocycles. The van der Waals surface area contributed by atoms with Gasteiger partial charge >= 0.3 is 0 Å². The first-order valence-electron chi connectivity index (χ1n) is 9.61. The van der Waals surface area contributed by atoms with Gasteiger partial charge in [0.05, 0.1) is 18.2 Å². The summed E-state index contributed by atoms with van der Waals surface area (Å²) in [6, 6.07) is 19.3. The maximum absolute atomic E-state index is 12.6. The predicted molar refractivity (Wildman–Crippen MR) is 119 cm³/mol. The molecule has 152 valence electrons. The summed E-state index contributed by atoms with van der Waals surface area (Å²) in [4.78, 5) is 31.0. The van der Waals surface area contributed by atoms with Crippen molar-refractivity contribution in [2.45, 2.75) is 26.2 Å². The summed E-state index contributed by atoms with van der Waals surface area (Å²) in [5.74, 6) is -0.451. The zero-order chi connectivity index (χ0) is 21.3. The molecule has 3 aromatic rings. The molecule has 0 unspecified atom stereocenters. The van der Waals surface area contributed by atoms with Crippen molar-refractivity contribution < 1.29 is 9.59 Å². The maximum Gasteiger partial charge on any atom is 0.227 e. The Morgan fingerprint density at radius 2 is 1.83 bits per heavy atom. The number of hydrogen-bond donors (Lipinski definition) is 1. The lowest BCUT2D eigenvalue weighted by Crippen LogP contribution is -2.32. The fourth-order valence-corrected chi connectivity index (χ4v) is 3.63. The highest BCUT2D eigenvalue weighted by Crippen LogP contribution is 2.25. The molecule has 0 saturated carbocycles. The Morgan fingerprint density at radius 1 is 1.10 bits per heavy atom. The first-order valence-corrected chi connectivity index (χ1v) is 10.5. The van der Waals surface area contributed by atoms with Crippen LogP contribution in [0.3, 0.4) is 0 Å². The number of rotatable bonds is 8. The predicted octanol–water partition coefficient (Wildman–Crippen LogP) is 4.78. The zero-order valence-corrected chi connectivity index (χ0v) is 17.5. The lowest BCUT2D eigenvalue weighted by molar-refractivity contribution is -0.122. The second-order valence-corrected chi connectivity index (χ2v) is 7.60. The second-order valence-electron chi connectivity index (χ2n) is 6.74. The van der Waals surface area contributed by atoms with Crippen LogP contribution >= 0.6 is 11.3 Å². The number of carbonyl (C=O) groups is 2. The number of hydrogen-bond acceptors (Lipinski definition) is 5. The summed E-state index contributed by atoms with van der Waals surface area (Å²) in [5, 5.41) is 14.0. The number of aryl methyl sites for hydroxylation is 1.